The van der Waals surface area contributed by atoms with Crippen molar-refractivity contribution in [2.45, 2.75) is 0 Å². The topological polar surface area (TPSA) is 106 Å². The average Bonchev–Trinajstić information content (AvgIpc) is 3.77. The van der Waals surface area contributed by atoms with Gasteiger partial charge in [-0.3, -0.25) is 0 Å². The van der Waals surface area contributed by atoms with Crippen LogP contribution in [0.2, 0.25) is 0 Å². The third kappa shape index (κ3) is 4.72. The fourth-order valence-electron chi connectivity index (χ4n) is 5.46. The van der Waals surface area contributed by atoms with Gasteiger partial charge in [-0.05, 0) is 21.5 Å². The Morgan fingerprint density at radius 3 is 0.860 bits per heavy atom. The zero-order valence-electron chi connectivity index (χ0n) is 22.1. The normalized spacial score (nSPS) is 11.4. The molecule has 2 aliphatic rings. The Bertz CT molecular complexity index is 2060. The van der Waals surface area contributed by atoms with E-state index < -0.39 is 0 Å². The summed E-state index contributed by atoms with van der Waals surface area (Å²) in [6.45, 7) is 0. The molecule has 3 aromatic heterocycles. The van der Waals surface area contributed by atoms with Crippen LogP contribution >= 0.6 is 36.1 Å². The third-order valence-electron chi connectivity index (χ3n) is 7.33. The first-order valence-electron chi connectivity index (χ1n) is 13.3. The van der Waals surface area contributed by atoms with E-state index in [4.69, 9.17) is 39.9 Å². The molecule has 4 aromatic carbocycles. The van der Waals surface area contributed by atoms with Gasteiger partial charge in [0.05, 0.1) is 23.3 Å². The van der Waals surface area contributed by atoms with Gasteiger partial charge < -0.3 is 29.9 Å². The van der Waals surface area contributed by atoms with Gasteiger partial charge in [0, 0.05) is 44.8 Å². The van der Waals surface area contributed by atoms with Crippen LogP contribution < -0.4 is 9.97 Å². The van der Waals surface area contributed by atoms with Crippen LogP contribution in [0.1, 0.15) is 0 Å². The van der Waals surface area contributed by atoms with Crippen LogP contribution in [0.5, 0.6) is 0 Å². The number of aromatic nitrogens is 8. The van der Waals surface area contributed by atoms with Crippen LogP contribution in [0.25, 0.3) is 89.7 Å². The first kappa shape index (κ1) is 27.2. The molecule has 9 rings (SSSR count). The minimum Gasteiger partial charge on any atom is -0.357 e. The van der Waals surface area contributed by atoms with Crippen molar-refractivity contribution in [1.29, 1.82) is 0 Å². The molecule has 0 unspecified atom stereocenters. The molecule has 0 radical (unpaired) electrons. The Hall–Kier alpha value is -3.42. The van der Waals surface area contributed by atoms with Gasteiger partial charge in [-0.2, -0.15) is 0 Å². The number of benzene rings is 4. The van der Waals surface area contributed by atoms with E-state index in [1.807, 2.05) is 97.1 Å². The van der Waals surface area contributed by atoms with Gasteiger partial charge in [0.25, 0.3) is 0 Å². The fourth-order valence-corrected chi connectivity index (χ4v) is 5.46. The Kier molecular flexibility index (Phi) is 7.11. The first-order valence-corrected chi connectivity index (χ1v) is 27.9. The Balaban J connectivity index is 0.000000892. The van der Waals surface area contributed by atoms with E-state index in [2.05, 4.69) is 36.1 Å². The number of halogens is 2. The van der Waals surface area contributed by atoms with Crippen LogP contribution in [-0.4, -0.2) is 29.9 Å². The van der Waals surface area contributed by atoms with Gasteiger partial charge in [-0.1, -0.05) is 97.1 Å². The monoisotopic (exact) mass is 856 g/mol. The molecule has 0 N–H and O–H groups in total. The summed E-state index contributed by atoms with van der Waals surface area (Å²) in [6, 6.07) is 31.8. The molecule has 8 nitrogen and oxygen atoms in total. The summed E-state index contributed by atoms with van der Waals surface area (Å²) < 4.78 is 0. The molecule has 43 heavy (non-hydrogen) atoms. The average molecular weight is 858 g/mol. The van der Waals surface area contributed by atoms with Crippen LogP contribution in [-0.2, 0) is 14.9 Å². The van der Waals surface area contributed by atoms with Crippen molar-refractivity contribution in [2.75, 3.05) is 0 Å². The van der Waals surface area contributed by atoms with E-state index in [1.54, 1.807) is 0 Å². The van der Waals surface area contributed by atoms with Crippen LogP contribution in [0.4, 0.5) is 0 Å². The van der Waals surface area contributed by atoms with Crippen molar-refractivity contribution in [3.8, 4) is 45.6 Å². The molecular formula is C32H16I2N8Zr. The minimum absolute atomic E-state index is 0.170. The number of rotatable bonds is 0. The molecule has 202 valence electrons. The second kappa shape index (κ2) is 11.3. The zero-order valence-corrected chi connectivity index (χ0v) is 28.8. The molecule has 5 heterocycles. The van der Waals surface area contributed by atoms with Crippen molar-refractivity contribution in [1.82, 2.24) is 39.9 Å². The van der Waals surface area contributed by atoms with Gasteiger partial charge >= 0.3 is 50.9 Å². The van der Waals surface area contributed by atoms with Gasteiger partial charge in [-0.25, -0.2) is 9.97 Å². The number of hydrogen-bond donors (Lipinski definition) is 0. The molecule has 0 saturated carbocycles. The molecule has 0 aliphatic carbocycles. The maximum Gasteiger partial charge on any atom is 0.0927 e. The summed E-state index contributed by atoms with van der Waals surface area (Å²) >= 11 is 5.06. The van der Waals surface area contributed by atoms with Crippen LogP contribution in [0.15, 0.2) is 97.1 Å². The van der Waals surface area contributed by atoms with Crippen LogP contribution in [0.3, 0.4) is 0 Å². The van der Waals surface area contributed by atoms with Crippen molar-refractivity contribution < 1.29 is 14.9 Å². The number of hydrogen-bond acceptors (Lipinski definition) is 6. The molecule has 0 spiro atoms. The summed E-state index contributed by atoms with van der Waals surface area (Å²) in [4.78, 5) is 39.3. The summed E-state index contributed by atoms with van der Waals surface area (Å²) in [7, 11) is 0. The van der Waals surface area contributed by atoms with E-state index in [9.17, 15) is 0 Å². The van der Waals surface area contributed by atoms with Crippen molar-refractivity contribution in [2.24, 2.45) is 0 Å². The Morgan fingerprint density at radius 2 is 0.605 bits per heavy atom. The SMILES string of the molecule is [I][Zr+2][I].c1ccc2c(c1)-c1nc-2nc2[n-]c(nc3nc(nc4[n-]c(n1)c1ccccc41)-c1ccccc1-3)c1ccccc21. The minimum atomic E-state index is 0.170. The molecule has 0 saturated heterocycles. The van der Waals surface area contributed by atoms with E-state index in [-0.39, 0.29) is 14.9 Å². The largest absolute Gasteiger partial charge is 0.357 e. The second-order valence-corrected chi connectivity index (χ2v) is 28.7. The smallest absolute Gasteiger partial charge is 0.0927 e. The quantitative estimate of drug-likeness (QED) is 0.142. The molecule has 0 fully saturated rings. The van der Waals surface area contributed by atoms with Gasteiger partial charge in [0.2, 0.25) is 0 Å². The maximum atomic E-state index is 4.95. The van der Waals surface area contributed by atoms with E-state index in [0.29, 0.717) is 45.9 Å². The van der Waals surface area contributed by atoms with Crippen molar-refractivity contribution >= 4 is 80.2 Å². The van der Waals surface area contributed by atoms with Crippen molar-refractivity contribution in [3.63, 3.8) is 0 Å². The molecule has 0 amide bonds. The zero-order chi connectivity index (χ0) is 28.9. The molecular weight excluding hydrogens is 841 g/mol. The summed E-state index contributed by atoms with van der Waals surface area (Å²) in [5, 5.41) is 3.57. The van der Waals surface area contributed by atoms with E-state index in [0.717, 1.165) is 43.8 Å². The second-order valence-electron chi connectivity index (χ2n) is 9.74. The van der Waals surface area contributed by atoms with Crippen molar-refractivity contribution in [3.05, 3.63) is 97.1 Å². The maximum absolute atomic E-state index is 4.95. The predicted octanol–water partition coefficient (Wildman–Crippen LogP) is 7.90. The predicted molar refractivity (Wildman–Crippen MR) is 182 cm³/mol. The molecule has 7 aromatic rings. The standard InChI is InChI=1S/C32H16N8.2HI.Zr/c1-2-10-18-17(9-1)25-33-26(18)38-28-21-13-5-6-14-22(21)30(35-28)40-32-24-16-8-7-15-23(24)31(36-32)39-29-20-12-4-3-11-19(20)27(34-29)37-25;;;/h1-16H;2*1H;/q-2;;;+4/p-2. The molecule has 8 bridgehead atoms. The molecule has 11 heteroatoms. The Labute approximate surface area is 274 Å². The number of fused-ring (bicyclic) bond motifs is 20. The van der Waals surface area contributed by atoms with Crippen LogP contribution in [0, 0.1) is 0 Å². The summed E-state index contributed by atoms with van der Waals surface area (Å²) in [6.07, 6.45) is 0. The van der Waals surface area contributed by atoms with Gasteiger partial charge in [0.15, 0.2) is 0 Å². The summed E-state index contributed by atoms with van der Waals surface area (Å²) in [5.41, 5.74) is 5.78. The molecule has 2 aliphatic heterocycles. The van der Waals surface area contributed by atoms with Gasteiger partial charge in [-0.15, -0.1) is 0 Å². The van der Waals surface area contributed by atoms with E-state index in [1.165, 1.54) is 0 Å². The first-order chi connectivity index (χ1) is 21.2. The molecule has 0 atom stereocenters. The summed E-state index contributed by atoms with van der Waals surface area (Å²) in [5.74, 6) is 2.21. The Morgan fingerprint density at radius 1 is 0.372 bits per heavy atom. The fraction of sp³-hybridized carbons (Fsp3) is 0. The number of nitrogens with zero attached hydrogens (tertiary/aromatic N) is 8. The van der Waals surface area contributed by atoms with E-state index >= 15 is 0 Å². The third-order valence-corrected chi connectivity index (χ3v) is 7.33. The van der Waals surface area contributed by atoms with Gasteiger partial charge in [0.1, 0.15) is 0 Å².